The fraction of sp³-hybridized carbons (Fsp3) is 0.0714. The highest BCUT2D eigenvalue weighted by molar-refractivity contribution is 7.99. The van der Waals surface area contributed by atoms with Crippen molar-refractivity contribution in [3.05, 3.63) is 42.2 Å². The number of halogens is 1. The first-order chi connectivity index (χ1) is 9.67. The van der Waals surface area contributed by atoms with Crippen LogP contribution in [0, 0.1) is 5.82 Å². The number of fused-ring (bicyclic) bond motifs is 1. The summed E-state index contributed by atoms with van der Waals surface area (Å²) in [6, 6.07) is 10.2. The van der Waals surface area contributed by atoms with Crippen molar-refractivity contribution in [2.45, 2.75) is 10.1 Å². The van der Waals surface area contributed by atoms with Gasteiger partial charge < -0.3 is 14.9 Å². The minimum Gasteiger partial charge on any atom is -0.494 e. The molecule has 1 heterocycles. The van der Waals surface area contributed by atoms with E-state index in [1.165, 1.54) is 31.0 Å². The fourth-order valence-electron chi connectivity index (χ4n) is 1.78. The van der Waals surface area contributed by atoms with Crippen molar-refractivity contribution in [3.8, 4) is 5.75 Å². The zero-order chi connectivity index (χ0) is 14.1. The summed E-state index contributed by atoms with van der Waals surface area (Å²) in [5.41, 5.74) is 7.58. The Balaban J connectivity index is 1.98. The number of oxazole rings is 1. The summed E-state index contributed by atoms with van der Waals surface area (Å²) in [6.07, 6.45) is 0. The molecule has 0 radical (unpaired) electrons. The molecular formula is C14H11FN2O2S. The van der Waals surface area contributed by atoms with Crippen molar-refractivity contribution in [2.24, 2.45) is 0 Å². The zero-order valence-electron chi connectivity index (χ0n) is 10.6. The van der Waals surface area contributed by atoms with E-state index in [0.717, 1.165) is 5.52 Å². The SMILES string of the molecule is COc1cc(Sc2nc3ccccc3o2)c(N)cc1F. The van der Waals surface area contributed by atoms with Crippen molar-refractivity contribution in [1.29, 1.82) is 0 Å². The molecule has 0 aliphatic rings. The van der Waals surface area contributed by atoms with E-state index in [-0.39, 0.29) is 5.75 Å². The maximum atomic E-state index is 13.5. The molecule has 4 nitrogen and oxygen atoms in total. The molecule has 0 unspecified atom stereocenters. The van der Waals surface area contributed by atoms with Gasteiger partial charge in [0.05, 0.1) is 7.11 Å². The molecule has 3 aromatic rings. The minimum absolute atomic E-state index is 0.137. The van der Waals surface area contributed by atoms with E-state index >= 15 is 0 Å². The Morgan fingerprint density at radius 1 is 1.30 bits per heavy atom. The number of rotatable bonds is 3. The normalized spacial score (nSPS) is 10.9. The highest BCUT2D eigenvalue weighted by atomic mass is 32.2. The molecule has 6 heteroatoms. The van der Waals surface area contributed by atoms with Crippen molar-refractivity contribution >= 4 is 28.5 Å². The molecule has 2 N–H and O–H groups in total. The minimum atomic E-state index is -0.494. The van der Waals surface area contributed by atoms with Gasteiger partial charge in [-0.05, 0) is 30.0 Å². The number of aromatic nitrogens is 1. The molecule has 0 aliphatic carbocycles. The smallest absolute Gasteiger partial charge is 0.261 e. The van der Waals surface area contributed by atoms with Crippen LogP contribution in [0.1, 0.15) is 0 Å². The number of benzene rings is 2. The number of para-hydroxylation sites is 2. The van der Waals surface area contributed by atoms with E-state index < -0.39 is 5.82 Å². The summed E-state index contributed by atoms with van der Waals surface area (Å²) in [6.45, 7) is 0. The predicted octanol–water partition coefficient (Wildman–Crippen LogP) is 3.71. The number of hydrogen-bond acceptors (Lipinski definition) is 5. The van der Waals surface area contributed by atoms with Crippen molar-refractivity contribution in [2.75, 3.05) is 12.8 Å². The molecule has 0 amide bonds. The van der Waals surface area contributed by atoms with Crippen LogP contribution >= 0.6 is 11.8 Å². The van der Waals surface area contributed by atoms with E-state index in [0.29, 0.717) is 21.4 Å². The number of nitrogens with zero attached hydrogens (tertiary/aromatic N) is 1. The third kappa shape index (κ3) is 2.30. The molecule has 0 saturated heterocycles. The molecule has 0 atom stereocenters. The van der Waals surface area contributed by atoms with Gasteiger partial charge in [0.1, 0.15) is 5.52 Å². The van der Waals surface area contributed by atoms with Crippen LogP contribution in [0.4, 0.5) is 10.1 Å². The van der Waals surface area contributed by atoms with Gasteiger partial charge >= 0.3 is 0 Å². The Hall–Kier alpha value is -2.21. The van der Waals surface area contributed by atoms with Gasteiger partial charge in [0.15, 0.2) is 17.1 Å². The number of nitrogens with two attached hydrogens (primary N) is 1. The van der Waals surface area contributed by atoms with Gasteiger partial charge in [0.2, 0.25) is 0 Å². The number of anilines is 1. The van der Waals surface area contributed by atoms with Crippen LogP contribution in [0.2, 0.25) is 0 Å². The van der Waals surface area contributed by atoms with Crippen LogP contribution in [-0.4, -0.2) is 12.1 Å². The standard InChI is InChI=1S/C14H11FN2O2S/c1-18-12-7-13(9(16)6-8(12)15)20-14-17-10-4-2-3-5-11(10)19-14/h2-7H,16H2,1H3. The highest BCUT2D eigenvalue weighted by Crippen LogP contribution is 2.36. The molecule has 102 valence electrons. The van der Waals surface area contributed by atoms with Gasteiger partial charge in [-0.25, -0.2) is 9.37 Å². The van der Waals surface area contributed by atoms with Crippen LogP contribution in [0.3, 0.4) is 0 Å². The Bertz CT molecular complexity index is 740. The van der Waals surface area contributed by atoms with E-state index in [4.69, 9.17) is 14.9 Å². The number of ether oxygens (including phenoxy) is 1. The first-order valence-corrected chi connectivity index (χ1v) is 6.65. The van der Waals surface area contributed by atoms with Gasteiger partial charge in [-0.2, -0.15) is 0 Å². The van der Waals surface area contributed by atoms with Gasteiger partial charge in [-0.15, -0.1) is 0 Å². The Labute approximate surface area is 118 Å². The largest absolute Gasteiger partial charge is 0.494 e. The third-order valence-electron chi connectivity index (χ3n) is 2.76. The maximum Gasteiger partial charge on any atom is 0.261 e. The van der Waals surface area contributed by atoms with Crippen LogP contribution in [0.25, 0.3) is 11.1 Å². The van der Waals surface area contributed by atoms with Crippen molar-refractivity contribution in [3.63, 3.8) is 0 Å². The van der Waals surface area contributed by atoms with Crippen molar-refractivity contribution < 1.29 is 13.5 Å². The molecule has 0 spiro atoms. The molecular weight excluding hydrogens is 279 g/mol. The predicted molar refractivity (Wildman–Crippen MR) is 75.5 cm³/mol. The topological polar surface area (TPSA) is 61.3 Å². The third-order valence-corrected chi connectivity index (χ3v) is 3.68. The molecule has 0 bridgehead atoms. The monoisotopic (exact) mass is 290 g/mol. The summed E-state index contributed by atoms with van der Waals surface area (Å²) in [7, 11) is 1.41. The lowest BCUT2D eigenvalue weighted by molar-refractivity contribution is 0.385. The highest BCUT2D eigenvalue weighted by Gasteiger charge is 2.13. The molecule has 20 heavy (non-hydrogen) atoms. The lowest BCUT2D eigenvalue weighted by atomic mass is 10.3. The lowest BCUT2D eigenvalue weighted by Crippen LogP contribution is -1.94. The second kappa shape index (κ2) is 5.05. The zero-order valence-corrected chi connectivity index (χ0v) is 11.4. The van der Waals surface area contributed by atoms with E-state index in [2.05, 4.69) is 4.98 Å². The molecule has 1 aromatic heterocycles. The second-order valence-corrected chi connectivity index (χ2v) is 5.07. The Kier molecular flexibility index (Phi) is 3.23. The summed E-state index contributed by atoms with van der Waals surface area (Å²) in [4.78, 5) is 4.97. The van der Waals surface area contributed by atoms with Crippen LogP contribution < -0.4 is 10.5 Å². The average molecular weight is 290 g/mol. The number of methoxy groups -OCH3 is 1. The second-order valence-electron chi connectivity index (χ2n) is 4.07. The quantitative estimate of drug-likeness (QED) is 0.745. The number of hydrogen-bond donors (Lipinski definition) is 1. The average Bonchev–Trinajstić information content (AvgIpc) is 2.84. The Morgan fingerprint density at radius 3 is 2.85 bits per heavy atom. The fourth-order valence-corrected chi connectivity index (χ4v) is 2.59. The maximum absolute atomic E-state index is 13.5. The van der Waals surface area contributed by atoms with Crippen LogP contribution in [0.15, 0.2) is 50.9 Å². The van der Waals surface area contributed by atoms with Gasteiger partial charge in [0.25, 0.3) is 5.22 Å². The summed E-state index contributed by atoms with van der Waals surface area (Å²) in [5.74, 6) is -0.357. The summed E-state index contributed by atoms with van der Waals surface area (Å²) in [5, 5.41) is 0.451. The lowest BCUT2D eigenvalue weighted by Gasteiger charge is -2.07. The van der Waals surface area contributed by atoms with Crippen LogP contribution in [0.5, 0.6) is 5.75 Å². The van der Waals surface area contributed by atoms with E-state index in [1.54, 1.807) is 0 Å². The van der Waals surface area contributed by atoms with E-state index in [1.807, 2.05) is 24.3 Å². The molecule has 0 aliphatic heterocycles. The van der Waals surface area contributed by atoms with E-state index in [9.17, 15) is 4.39 Å². The summed E-state index contributed by atoms with van der Waals surface area (Å²) >= 11 is 1.23. The van der Waals surface area contributed by atoms with Gasteiger partial charge in [0, 0.05) is 16.6 Å². The van der Waals surface area contributed by atoms with Gasteiger partial charge in [-0.1, -0.05) is 12.1 Å². The van der Waals surface area contributed by atoms with Gasteiger partial charge in [-0.3, -0.25) is 0 Å². The summed E-state index contributed by atoms with van der Waals surface area (Å²) < 4.78 is 24.0. The molecule has 0 saturated carbocycles. The molecule has 2 aromatic carbocycles. The molecule has 3 rings (SSSR count). The first-order valence-electron chi connectivity index (χ1n) is 5.84. The van der Waals surface area contributed by atoms with Crippen molar-refractivity contribution in [1.82, 2.24) is 4.98 Å². The first kappa shape index (κ1) is 12.8. The van der Waals surface area contributed by atoms with Crippen LogP contribution in [-0.2, 0) is 0 Å². The number of nitrogen functional groups attached to an aromatic ring is 1. The molecule has 0 fully saturated rings. The Morgan fingerprint density at radius 2 is 2.10 bits per heavy atom.